The van der Waals surface area contributed by atoms with Crippen LogP contribution in [0.3, 0.4) is 0 Å². The molecule has 0 amide bonds. The molecule has 0 heterocycles. The maximum Gasteiger partial charge on any atom is 0.0194 e. The van der Waals surface area contributed by atoms with Crippen molar-refractivity contribution in [3.8, 4) is 0 Å². The number of hydrogen-bond acceptors (Lipinski definition) is 0. The van der Waals surface area contributed by atoms with Crippen molar-refractivity contribution >= 4 is 11.1 Å². The first-order valence-corrected chi connectivity index (χ1v) is 12.8. The predicted molar refractivity (Wildman–Crippen MR) is 149 cm³/mol. The van der Waals surface area contributed by atoms with E-state index in [1.165, 1.54) is 61.3 Å². The maximum absolute atomic E-state index is 4.80. The average molecular weight is 449 g/mol. The second-order valence-electron chi connectivity index (χ2n) is 12.3. The summed E-state index contributed by atoms with van der Waals surface area (Å²) in [7, 11) is 0. The number of fused-ring (bicyclic) bond motifs is 3. The lowest BCUT2D eigenvalue weighted by Gasteiger charge is -2.62. The van der Waals surface area contributed by atoms with Crippen LogP contribution in [0.15, 0.2) is 83.5 Å². The largest absolute Gasteiger partial charge is 0.0955 e. The van der Waals surface area contributed by atoms with Crippen LogP contribution in [0.25, 0.3) is 11.1 Å². The molecule has 4 aliphatic rings. The molecule has 0 aliphatic heterocycles. The Kier molecular flexibility index (Phi) is 4.91. The third kappa shape index (κ3) is 2.78. The minimum atomic E-state index is -0.0989. The van der Waals surface area contributed by atoms with Crippen LogP contribution in [-0.4, -0.2) is 0 Å². The highest BCUT2D eigenvalue weighted by molar-refractivity contribution is 5.90. The Labute approximate surface area is 207 Å². The van der Waals surface area contributed by atoms with Gasteiger partial charge in [0.15, 0.2) is 0 Å². The minimum absolute atomic E-state index is 0.0646. The summed E-state index contributed by atoms with van der Waals surface area (Å²) in [6.07, 6.45) is 11.3. The van der Waals surface area contributed by atoms with Gasteiger partial charge in [-0.15, -0.1) is 0 Å². The molecule has 0 bridgehead atoms. The second-order valence-corrected chi connectivity index (χ2v) is 12.3. The van der Waals surface area contributed by atoms with E-state index in [2.05, 4.69) is 85.4 Å². The third-order valence-electron chi connectivity index (χ3n) is 9.90. The lowest BCUT2D eigenvalue weighted by molar-refractivity contribution is 0.0544. The number of allylic oxidation sites excluding steroid dienone is 11. The Bertz CT molecular complexity index is 1320. The van der Waals surface area contributed by atoms with Gasteiger partial charge in [0, 0.05) is 5.41 Å². The molecule has 0 saturated carbocycles. The Morgan fingerprint density at radius 2 is 1.71 bits per heavy atom. The SMILES string of the molecule is C=C(C)C1=C(C)C[C@@]2(C)C[C@@]3(C)Cc4c(C5=CCC=C5)ccc(C)c4C(=C)C3=C(C)[C@@]2(C)C1=C. The molecule has 1 aromatic carbocycles. The van der Waals surface area contributed by atoms with Crippen molar-refractivity contribution in [3.05, 3.63) is 106 Å². The van der Waals surface area contributed by atoms with Crippen LogP contribution >= 0.6 is 0 Å². The first-order chi connectivity index (χ1) is 15.9. The molecule has 5 rings (SSSR count). The molecule has 1 aromatic rings. The summed E-state index contributed by atoms with van der Waals surface area (Å²) in [6, 6.07) is 4.64. The van der Waals surface area contributed by atoms with Crippen molar-refractivity contribution in [2.75, 3.05) is 0 Å². The zero-order valence-electron chi connectivity index (χ0n) is 22.3. The summed E-state index contributed by atoms with van der Waals surface area (Å²) in [4.78, 5) is 0. The third-order valence-corrected chi connectivity index (χ3v) is 9.90. The normalized spacial score (nSPS) is 32.5. The zero-order chi connectivity index (χ0) is 24.8. The first kappa shape index (κ1) is 23.2. The van der Waals surface area contributed by atoms with Gasteiger partial charge in [0.2, 0.25) is 0 Å². The van der Waals surface area contributed by atoms with Crippen molar-refractivity contribution in [1.82, 2.24) is 0 Å². The standard InChI is InChI=1S/C34H40/c1-20(2)29-22(4)17-33(9)19-32(8)18-28-27(26-13-11-12-14-26)16-15-21(3)30(28)23(5)31(32)25(7)34(33,10)24(29)6/h11,13-16H,1,5-6,12,17-19H2,2-4,7-10H3/t32-,33+,34-/m1/s1. The first-order valence-electron chi connectivity index (χ1n) is 12.8. The monoisotopic (exact) mass is 448 g/mol. The Balaban J connectivity index is 1.77. The number of hydrogen-bond donors (Lipinski definition) is 0. The van der Waals surface area contributed by atoms with Gasteiger partial charge in [-0.25, -0.2) is 0 Å². The summed E-state index contributed by atoms with van der Waals surface area (Å²) in [6.45, 7) is 30.4. The van der Waals surface area contributed by atoms with Gasteiger partial charge in [-0.1, -0.05) is 87.6 Å². The Hall–Kier alpha value is -2.60. The quantitative estimate of drug-likeness (QED) is 0.422. The number of aryl methyl sites for hydroxylation is 1. The Morgan fingerprint density at radius 3 is 2.32 bits per heavy atom. The van der Waals surface area contributed by atoms with E-state index in [-0.39, 0.29) is 16.2 Å². The highest BCUT2D eigenvalue weighted by Crippen LogP contribution is 2.70. The highest BCUT2D eigenvalue weighted by Gasteiger charge is 2.59. The van der Waals surface area contributed by atoms with Crippen LogP contribution in [0.2, 0.25) is 0 Å². The van der Waals surface area contributed by atoms with Gasteiger partial charge in [0.05, 0.1) is 0 Å². The van der Waals surface area contributed by atoms with E-state index < -0.39 is 0 Å². The van der Waals surface area contributed by atoms with Crippen LogP contribution in [-0.2, 0) is 6.42 Å². The van der Waals surface area contributed by atoms with Crippen LogP contribution in [0.4, 0.5) is 0 Å². The fraction of sp³-hybridized carbons (Fsp3) is 0.412. The summed E-state index contributed by atoms with van der Waals surface area (Å²) in [5.74, 6) is 0. The molecule has 0 nitrogen and oxygen atoms in total. The predicted octanol–water partition coefficient (Wildman–Crippen LogP) is 9.50. The van der Waals surface area contributed by atoms with Crippen LogP contribution < -0.4 is 0 Å². The summed E-state index contributed by atoms with van der Waals surface area (Å²) in [5.41, 5.74) is 16.4. The fourth-order valence-electron chi connectivity index (χ4n) is 8.47. The molecular formula is C34H40. The van der Waals surface area contributed by atoms with Gasteiger partial charge in [0.25, 0.3) is 0 Å². The molecule has 4 aliphatic carbocycles. The lowest BCUT2D eigenvalue weighted by atomic mass is 9.41. The molecule has 0 N–H and O–H groups in total. The van der Waals surface area contributed by atoms with Gasteiger partial charge in [-0.3, -0.25) is 0 Å². The fourth-order valence-corrected chi connectivity index (χ4v) is 8.47. The van der Waals surface area contributed by atoms with E-state index in [4.69, 9.17) is 13.2 Å². The van der Waals surface area contributed by atoms with Gasteiger partial charge in [0.1, 0.15) is 0 Å². The van der Waals surface area contributed by atoms with Crippen molar-refractivity contribution in [1.29, 1.82) is 0 Å². The smallest absolute Gasteiger partial charge is 0.0194 e. The number of benzene rings is 1. The van der Waals surface area contributed by atoms with E-state index in [0.717, 1.165) is 31.3 Å². The molecule has 0 aromatic heterocycles. The van der Waals surface area contributed by atoms with Gasteiger partial charge in [-0.05, 0) is 114 Å². The van der Waals surface area contributed by atoms with Crippen LogP contribution in [0.1, 0.15) is 83.1 Å². The van der Waals surface area contributed by atoms with E-state index in [9.17, 15) is 0 Å². The summed E-state index contributed by atoms with van der Waals surface area (Å²) in [5, 5.41) is 0. The molecule has 0 heteroatoms. The summed E-state index contributed by atoms with van der Waals surface area (Å²) >= 11 is 0. The van der Waals surface area contributed by atoms with Crippen LogP contribution in [0.5, 0.6) is 0 Å². The molecule has 0 spiro atoms. The highest BCUT2D eigenvalue weighted by atomic mass is 14.6. The molecule has 0 fully saturated rings. The topological polar surface area (TPSA) is 0 Å². The second kappa shape index (κ2) is 7.20. The zero-order valence-corrected chi connectivity index (χ0v) is 22.3. The van der Waals surface area contributed by atoms with Crippen molar-refractivity contribution < 1.29 is 0 Å². The molecule has 3 atom stereocenters. The van der Waals surface area contributed by atoms with Crippen molar-refractivity contribution in [3.63, 3.8) is 0 Å². The maximum atomic E-state index is 4.80. The Morgan fingerprint density at radius 1 is 1.00 bits per heavy atom. The summed E-state index contributed by atoms with van der Waals surface area (Å²) < 4.78 is 0. The van der Waals surface area contributed by atoms with Gasteiger partial charge < -0.3 is 0 Å². The van der Waals surface area contributed by atoms with E-state index in [1.54, 1.807) is 0 Å². The minimum Gasteiger partial charge on any atom is -0.0955 e. The molecule has 0 radical (unpaired) electrons. The molecular weight excluding hydrogens is 408 g/mol. The molecule has 34 heavy (non-hydrogen) atoms. The van der Waals surface area contributed by atoms with Crippen molar-refractivity contribution in [2.45, 2.75) is 74.1 Å². The van der Waals surface area contributed by atoms with E-state index >= 15 is 0 Å². The van der Waals surface area contributed by atoms with Crippen LogP contribution in [0, 0.1) is 23.2 Å². The lowest BCUT2D eigenvalue weighted by Crippen LogP contribution is -2.52. The molecule has 176 valence electrons. The van der Waals surface area contributed by atoms with Gasteiger partial charge in [-0.2, -0.15) is 0 Å². The van der Waals surface area contributed by atoms with E-state index in [1.807, 2.05) is 0 Å². The van der Waals surface area contributed by atoms with Crippen molar-refractivity contribution in [2.24, 2.45) is 16.2 Å². The molecule has 0 saturated heterocycles. The number of rotatable bonds is 2. The van der Waals surface area contributed by atoms with Gasteiger partial charge >= 0.3 is 0 Å². The molecule has 0 unspecified atom stereocenters. The average Bonchev–Trinajstić information content (AvgIpc) is 3.24. The van der Waals surface area contributed by atoms with E-state index in [0.29, 0.717) is 0 Å².